The molecule has 1 atom stereocenters. The maximum atomic E-state index is 13.4. The molecule has 0 radical (unpaired) electrons. The molecule has 26 heavy (non-hydrogen) atoms. The first-order valence-corrected chi connectivity index (χ1v) is 9.30. The predicted molar refractivity (Wildman–Crippen MR) is 102 cm³/mol. The Morgan fingerprint density at radius 1 is 1.27 bits per heavy atom. The topological polar surface area (TPSA) is 62.3 Å². The summed E-state index contributed by atoms with van der Waals surface area (Å²) < 4.78 is 0. The van der Waals surface area contributed by atoms with Crippen molar-refractivity contribution in [1.82, 2.24) is 4.98 Å². The second-order valence-electron chi connectivity index (χ2n) is 7.17. The first kappa shape index (κ1) is 16.8. The Morgan fingerprint density at radius 2 is 2.08 bits per heavy atom. The fourth-order valence-electron chi connectivity index (χ4n) is 3.65. The van der Waals surface area contributed by atoms with Gasteiger partial charge in [0.25, 0.3) is 5.91 Å². The number of nitrogens with zero attached hydrogens (tertiary/aromatic N) is 2. The second-order valence-corrected chi connectivity index (χ2v) is 7.17. The number of carbonyl (C=O) groups is 2. The number of aryl methyl sites for hydroxylation is 1. The highest BCUT2D eigenvalue weighted by atomic mass is 16.2. The molecule has 1 N–H and O–H groups in total. The van der Waals surface area contributed by atoms with Gasteiger partial charge in [-0.15, -0.1) is 0 Å². The van der Waals surface area contributed by atoms with Crippen molar-refractivity contribution in [3.63, 3.8) is 0 Å². The molecule has 0 spiro atoms. The Kier molecular flexibility index (Phi) is 4.23. The van der Waals surface area contributed by atoms with Crippen molar-refractivity contribution in [2.45, 2.75) is 51.5 Å². The van der Waals surface area contributed by atoms with Crippen LogP contribution >= 0.6 is 0 Å². The Hall–Kier alpha value is -2.69. The van der Waals surface area contributed by atoms with Crippen molar-refractivity contribution in [2.24, 2.45) is 0 Å². The van der Waals surface area contributed by atoms with E-state index in [1.54, 1.807) is 17.2 Å². The molecule has 1 aliphatic heterocycles. The zero-order valence-corrected chi connectivity index (χ0v) is 15.2. The first-order valence-electron chi connectivity index (χ1n) is 9.30. The van der Waals surface area contributed by atoms with Crippen LogP contribution in [0.1, 0.15) is 60.1 Å². The highest BCUT2D eigenvalue weighted by Gasteiger charge is 2.40. The molecule has 1 aromatic carbocycles. The molecule has 2 amide bonds. The van der Waals surface area contributed by atoms with Crippen LogP contribution in [0.2, 0.25) is 0 Å². The number of para-hydroxylation sites is 1. The molecule has 1 aliphatic carbocycles. The molecule has 5 heteroatoms. The summed E-state index contributed by atoms with van der Waals surface area (Å²) in [5.41, 5.74) is 4.15. The van der Waals surface area contributed by atoms with Crippen molar-refractivity contribution in [3.8, 4) is 0 Å². The molecule has 0 saturated heterocycles. The summed E-state index contributed by atoms with van der Waals surface area (Å²) >= 11 is 0. The van der Waals surface area contributed by atoms with Crippen molar-refractivity contribution in [2.75, 3.05) is 10.2 Å². The number of aromatic nitrogens is 1. The van der Waals surface area contributed by atoms with Gasteiger partial charge in [-0.05, 0) is 55.9 Å². The number of nitrogens with one attached hydrogen (secondary N) is 1. The highest BCUT2D eigenvalue weighted by molar-refractivity contribution is 6.17. The largest absolute Gasteiger partial charge is 0.322 e. The smallest absolute Gasteiger partial charge is 0.260 e. The lowest BCUT2D eigenvalue weighted by Gasteiger charge is -2.38. The van der Waals surface area contributed by atoms with Gasteiger partial charge in [-0.25, -0.2) is 0 Å². The summed E-state index contributed by atoms with van der Waals surface area (Å²) in [6.45, 7) is 3.93. The van der Waals surface area contributed by atoms with E-state index in [0.717, 1.165) is 41.9 Å². The third-order valence-corrected chi connectivity index (χ3v) is 5.14. The molecule has 2 aromatic rings. The van der Waals surface area contributed by atoms with E-state index in [-0.39, 0.29) is 11.8 Å². The summed E-state index contributed by atoms with van der Waals surface area (Å²) in [5, 5.41) is 3.01. The van der Waals surface area contributed by atoms with E-state index in [1.165, 1.54) is 0 Å². The predicted octanol–water partition coefficient (Wildman–Crippen LogP) is 4.04. The number of hydrogen-bond donors (Lipinski definition) is 1. The average Bonchev–Trinajstić information content (AvgIpc) is 3.47. The number of carbonyl (C=O) groups excluding carboxylic acids is 2. The number of anilines is 2. The molecule has 1 aromatic heterocycles. The summed E-state index contributed by atoms with van der Waals surface area (Å²) in [4.78, 5) is 32.1. The van der Waals surface area contributed by atoms with E-state index < -0.39 is 6.04 Å². The second kappa shape index (κ2) is 6.56. The Labute approximate surface area is 153 Å². The summed E-state index contributed by atoms with van der Waals surface area (Å²) in [6.07, 6.45) is 5.34. The van der Waals surface area contributed by atoms with Gasteiger partial charge in [0.05, 0.1) is 16.9 Å². The average molecular weight is 349 g/mol. The third-order valence-electron chi connectivity index (χ3n) is 5.14. The molecular weight excluding hydrogens is 326 g/mol. The lowest BCUT2D eigenvalue weighted by Crippen LogP contribution is -2.51. The van der Waals surface area contributed by atoms with Gasteiger partial charge in [-0.3, -0.25) is 19.5 Å². The van der Waals surface area contributed by atoms with Crippen LogP contribution in [-0.2, 0) is 4.79 Å². The summed E-state index contributed by atoms with van der Waals surface area (Å²) in [6, 6.07) is 9.07. The number of fused-ring (bicyclic) bond motifs is 1. The van der Waals surface area contributed by atoms with E-state index in [4.69, 9.17) is 0 Å². The lowest BCUT2D eigenvalue weighted by atomic mass is 9.97. The SMILES string of the molecule is CCC[C@H]1C(=O)Nc2cccc(C3CC3)c2N1C(=O)c1ccc(C)nc1. The van der Waals surface area contributed by atoms with Crippen LogP contribution in [0.5, 0.6) is 0 Å². The molecule has 5 nitrogen and oxygen atoms in total. The Bertz CT molecular complexity index is 856. The normalized spacial score (nSPS) is 19.1. The van der Waals surface area contributed by atoms with Crippen LogP contribution in [0.3, 0.4) is 0 Å². The number of benzene rings is 1. The van der Waals surface area contributed by atoms with Gasteiger partial charge in [0.15, 0.2) is 0 Å². The Balaban J connectivity index is 1.84. The number of hydrogen-bond acceptors (Lipinski definition) is 3. The maximum absolute atomic E-state index is 13.4. The third kappa shape index (κ3) is 2.87. The minimum Gasteiger partial charge on any atom is -0.322 e. The molecule has 134 valence electrons. The van der Waals surface area contributed by atoms with Gasteiger partial charge in [0.1, 0.15) is 6.04 Å². The molecule has 2 heterocycles. The van der Waals surface area contributed by atoms with E-state index in [0.29, 0.717) is 17.9 Å². The monoisotopic (exact) mass is 349 g/mol. The van der Waals surface area contributed by atoms with Gasteiger partial charge < -0.3 is 5.32 Å². The van der Waals surface area contributed by atoms with Crippen molar-refractivity contribution in [3.05, 3.63) is 53.3 Å². The highest BCUT2D eigenvalue weighted by Crippen LogP contribution is 2.48. The molecule has 1 saturated carbocycles. The van der Waals surface area contributed by atoms with Crippen LogP contribution in [0.4, 0.5) is 11.4 Å². The quantitative estimate of drug-likeness (QED) is 0.906. The minimum atomic E-state index is -0.485. The van der Waals surface area contributed by atoms with Gasteiger partial charge in [-0.1, -0.05) is 25.5 Å². The van der Waals surface area contributed by atoms with Gasteiger partial charge in [0, 0.05) is 11.9 Å². The molecule has 0 unspecified atom stereocenters. The van der Waals surface area contributed by atoms with E-state index in [9.17, 15) is 9.59 Å². The van der Waals surface area contributed by atoms with Gasteiger partial charge in [-0.2, -0.15) is 0 Å². The van der Waals surface area contributed by atoms with Crippen LogP contribution < -0.4 is 10.2 Å². The van der Waals surface area contributed by atoms with Gasteiger partial charge >= 0.3 is 0 Å². The van der Waals surface area contributed by atoms with Crippen LogP contribution in [0.15, 0.2) is 36.5 Å². The maximum Gasteiger partial charge on any atom is 0.260 e. The minimum absolute atomic E-state index is 0.110. The molecular formula is C21H23N3O2. The van der Waals surface area contributed by atoms with Crippen molar-refractivity contribution < 1.29 is 9.59 Å². The van der Waals surface area contributed by atoms with E-state index in [1.807, 2.05) is 32.0 Å². The zero-order chi connectivity index (χ0) is 18.3. The fourth-order valence-corrected chi connectivity index (χ4v) is 3.65. The van der Waals surface area contributed by atoms with Gasteiger partial charge in [0.2, 0.25) is 5.91 Å². The molecule has 0 bridgehead atoms. The standard InChI is InChI=1S/C21H23N3O2/c1-3-5-18-20(25)23-17-7-4-6-16(14-10-11-14)19(17)24(18)21(26)15-9-8-13(2)22-12-15/h4,6-9,12,14,18H,3,5,10-11H2,1-2H3,(H,23,25)/t18-/m0/s1. The van der Waals surface area contributed by atoms with Crippen LogP contribution in [-0.4, -0.2) is 22.8 Å². The molecule has 1 fully saturated rings. The zero-order valence-electron chi connectivity index (χ0n) is 15.2. The number of rotatable bonds is 4. The number of pyridine rings is 1. The number of amides is 2. The lowest BCUT2D eigenvalue weighted by molar-refractivity contribution is -0.117. The van der Waals surface area contributed by atoms with Crippen molar-refractivity contribution in [1.29, 1.82) is 0 Å². The van der Waals surface area contributed by atoms with E-state index in [2.05, 4.69) is 16.4 Å². The van der Waals surface area contributed by atoms with E-state index >= 15 is 0 Å². The van der Waals surface area contributed by atoms with Crippen LogP contribution in [0, 0.1) is 6.92 Å². The summed E-state index contributed by atoms with van der Waals surface area (Å²) in [7, 11) is 0. The molecule has 2 aliphatic rings. The summed E-state index contributed by atoms with van der Waals surface area (Å²) in [5.74, 6) is 0.217. The molecule has 4 rings (SSSR count). The Morgan fingerprint density at radius 3 is 2.73 bits per heavy atom. The van der Waals surface area contributed by atoms with Crippen LogP contribution in [0.25, 0.3) is 0 Å². The fraction of sp³-hybridized carbons (Fsp3) is 0.381. The first-order chi connectivity index (χ1) is 12.6. The van der Waals surface area contributed by atoms with Crippen molar-refractivity contribution >= 4 is 23.2 Å².